The van der Waals surface area contributed by atoms with Crippen molar-refractivity contribution in [3.63, 3.8) is 0 Å². The van der Waals surface area contributed by atoms with E-state index >= 15 is 0 Å². The van der Waals surface area contributed by atoms with E-state index in [2.05, 4.69) is 69.3 Å². The van der Waals surface area contributed by atoms with Gasteiger partial charge in [-0.25, -0.2) is 4.98 Å². The predicted octanol–water partition coefficient (Wildman–Crippen LogP) is 7.46. The molecule has 0 aliphatic heterocycles. The quantitative estimate of drug-likeness (QED) is 0.161. The summed E-state index contributed by atoms with van der Waals surface area (Å²) < 4.78 is 6.44. The van der Waals surface area contributed by atoms with Gasteiger partial charge in [0.05, 0.1) is 22.5 Å². The van der Waals surface area contributed by atoms with E-state index in [-0.39, 0.29) is 23.2 Å². The lowest BCUT2D eigenvalue weighted by Gasteiger charge is -2.43. The van der Waals surface area contributed by atoms with Crippen LogP contribution in [0, 0.1) is 12.3 Å². The van der Waals surface area contributed by atoms with Crippen molar-refractivity contribution < 1.29 is 9.53 Å². The van der Waals surface area contributed by atoms with E-state index in [0.717, 1.165) is 35.0 Å². The number of ether oxygens (including phenoxy) is 1. The van der Waals surface area contributed by atoms with Gasteiger partial charge in [0.2, 0.25) is 0 Å². The van der Waals surface area contributed by atoms with Gasteiger partial charge in [-0.05, 0) is 57.0 Å². The number of carbonyl (C=O) groups is 1. The van der Waals surface area contributed by atoms with Gasteiger partial charge in [-0.3, -0.25) is 9.78 Å². The van der Waals surface area contributed by atoms with Gasteiger partial charge < -0.3 is 4.74 Å². The number of ketones is 1. The Morgan fingerprint density at radius 3 is 2.65 bits per heavy atom. The molecule has 0 spiro atoms. The molecule has 176 valence electrons. The van der Waals surface area contributed by atoms with Gasteiger partial charge in [0.1, 0.15) is 6.10 Å². The molecule has 3 aromatic rings. The molecule has 0 radical (unpaired) electrons. The number of allylic oxidation sites excluding steroid dienone is 4. The van der Waals surface area contributed by atoms with Crippen LogP contribution < -0.4 is 0 Å². The van der Waals surface area contributed by atoms with Crippen LogP contribution in [0.15, 0.2) is 60.5 Å². The third-order valence-corrected chi connectivity index (χ3v) is 6.99. The normalized spacial score (nSPS) is 18.8. The number of hydrogen-bond acceptors (Lipinski definition) is 4. The first-order valence-electron chi connectivity index (χ1n) is 12.1. The monoisotopic (exact) mass is 454 g/mol. The lowest BCUT2D eigenvalue weighted by atomic mass is 9.64. The van der Waals surface area contributed by atoms with Gasteiger partial charge >= 0.3 is 0 Å². The Morgan fingerprint density at radius 2 is 1.97 bits per heavy atom. The topological polar surface area (TPSA) is 52.1 Å². The summed E-state index contributed by atoms with van der Waals surface area (Å²) in [5, 5.41) is 2.34. The van der Waals surface area contributed by atoms with Crippen molar-refractivity contribution in [3.8, 4) is 0 Å². The van der Waals surface area contributed by atoms with Crippen LogP contribution in [0.5, 0.6) is 0 Å². The van der Waals surface area contributed by atoms with Gasteiger partial charge in [0, 0.05) is 29.0 Å². The van der Waals surface area contributed by atoms with Crippen LogP contribution in [0.4, 0.5) is 0 Å². The number of nitrogens with zero attached hydrogens (tertiary/aromatic N) is 2. The van der Waals surface area contributed by atoms with E-state index in [9.17, 15) is 4.79 Å². The molecule has 0 bridgehead atoms. The molecule has 0 saturated carbocycles. The standard InChI is InChI=1S/C30H34N2O2/c1-7-16-30(6,26(8-2)34-21(5)17-20(4)33)25-15-11-14-23-22-12-9-10-13-24(22)28-29(27(23)25)31-18-19(3)32-28/h7,9-14,16-18,25-26H,8,15H2,1-6H3/b16-7?,21-17-. The van der Waals surface area contributed by atoms with E-state index in [1.807, 2.05) is 20.0 Å². The van der Waals surface area contributed by atoms with Crippen LogP contribution in [0.3, 0.4) is 0 Å². The minimum atomic E-state index is -0.323. The molecule has 3 unspecified atom stereocenters. The zero-order valence-electron chi connectivity index (χ0n) is 21.1. The molecule has 1 aliphatic carbocycles. The van der Waals surface area contributed by atoms with Crippen molar-refractivity contribution in [1.82, 2.24) is 9.97 Å². The maximum absolute atomic E-state index is 11.7. The van der Waals surface area contributed by atoms with Crippen LogP contribution in [-0.4, -0.2) is 21.9 Å². The third-order valence-electron chi connectivity index (χ3n) is 6.99. The fourth-order valence-electron chi connectivity index (χ4n) is 5.60. The van der Waals surface area contributed by atoms with Gasteiger partial charge in [-0.2, -0.15) is 0 Å². The Bertz CT molecular complexity index is 1330. The van der Waals surface area contributed by atoms with Gasteiger partial charge in [0.15, 0.2) is 5.78 Å². The first kappa shape index (κ1) is 23.9. The summed E-state index contributed by atoms with van der Waals surface area (Å²) in [6, 6.07) is 8.48. The maximum Gasteiger partial charge on any atom is 0.155 e. The molecule has 1 aromatic heterocycles. The molecule has 1 aliphatic rings. The summed E-state index contributed by atoms with van der Waals surface area (Å²) in [5.41, 5.74) is 4.97. The molecule has 1 heterocycles. The van der Waals surface area contributed by atoms with Crippen LogP contribution in [0.2, 0.25) is 0 Å². The smallest absolute Gasteiger partial charge is 0.155 e. The van der Waals surface area contributed by atoms with Crippen LogP contribution in [0.25, 0.3) is 27.9 Å². The largest absolute Gasteiger partial charge is 0.494 e. The highest BCUT2D eigenvalue weighted by Gasteiger charge is 2.43. The molecule has 4 heteroatoms. The van der Waals surface area contributed by atoms with E-state index in [1.54, 1.807) is 13.0 Å². The summed E-state index contributed by atoms with van der Waals surface area (Å²) in [5.74, 6) is 0.789. The van der Waals surface area contributed by atoms with E-state index < -0.39 is 0 Å². The Balaban J connectivity index is 1.98. The molecular formula is C30H34N2O2. The minimum Gasteiger partial charge on any atom is -0.494 e. The summed E-state index contributed by atoms with van der Waals surface area (Å²) >= 11 is 0. The lowest BCUT2D eigenvalue weighted by molar-refractivity contribution is -0.113. The molecule has 4 nitrogen and oxygen atoms in total. The average molecular weight is 455 g/mol. The highest BCUT2D eigenvalue weighted by molar-refractivity contribution is 6.10. The summed E-state index contributed by atoms with van der Waals surface area (Å²) in [6.07, 6.45) is 13.9. The summed E-state index contributed by atoms with van der Waals surface area (Å²) in [6.45, 7) is 11.9. The SMILES string of the molecule is CC=CC(C)(C(CC)O/C(C)=C\C(C)=O)C1CC=Cc2c1c1ncc(C)nc1c1ccccc21. The highest BCUT2D eigenvalue weighted by atomic mass is 16.5. The molecule has 3 atom stereocenters. The first-order chi connectivity index (χ1) is 16.3. The Labute approximate surface area is 202 Å². The highest BCUT2D eigenvalue weighted by Crippen LogP contribution is 2.51. The second-order valence-electron chi connectivity index (χ2n) is 9.52. The van der Waals surface area contributed by atoms with E-state index in [1.165, 1.54) is 16.5 Å². The molecule has 2 aromatic carbocycles. The zero-order chi connectivity index (χ0) is 24.5. The molecule has 34 heavy (non-hydrogen) atoms. The lowest BCUT2D eigenvalue weighted by Crippen LogP contribution is -2.39. The molecular weight excluding hydrogens is 420 g/mol. The van der Waals surface area contributed by atoms with Crippen molar-refractivity contribution in [2.24, 2.45) is 5.41 Å². The molecule has 0 amide bonds. The van der Waals surface area contributed by atoms with E-state index in [4.69, 9.17) is 14.7 Å². The van der Waals surface area contributed by atoms with Crippen molar-refractivity contribution in [2.45, 2.75) is 66.4 Å². The number of rotatable bonds is 7. The van der Waals surface area contributed by atoms with Crippen LogP contribution in [0.1, 0.15) is 70.2 Å². The van der Waals surface area contributed by atoms with Crippen molar-refractivity contribution >= 4 is 33.7 Å². The third kappa shape index (κ3) is 4.18. The Morgan fingerprint density at radius 1 is 1.24 bits per heavy atom. The second kappa shape index (κ2) is 9.54. The number of aromatic nitrogens is 2. The Kier molecular flexibility index (Phi) is 6.70. The molecule has 0 fully saturated rings. The number of hydrogen-bond donors (Lipinski definition) is 0. The number of carbonyl (C=O) groups excluding carboxylic acids is 1. The fraction of sp³-hybridized carbons (Fsp3) is 0.367. The van der Waals surface area contributed by atoms with Gasteiger partial charge in [-0.15, -0.1) is 0 Å². The zero-order valence-corrected chi connectivity index (χ0v) is 21.1. The number of aryl methyl sites for hydroxylation is 1. The maximum atomic E-state index is 11.7. The van der Waals surface area contributed by atoms with Crippen LogP contribution >= 0.6 is 0 Å². The van der Waals surface area contributed by atoms with Crippen molar-refractivity contribution in [3.05, 3.63) is 77.3 Å². The van der Waals surface area contributed by atoms with Gasteiger partial charge in [0.25, 0.3) is 0 Å². The molecule has 0 N–H and O–H groups in total. The number of benzene rings is 2. The second-order valence-corrected chi connectivity index (χ2v) is 9.52. The summed E-state index contributed by atoms with van der Waals surface area (Å²) in [7, 11) is 0. The average Bonchev–Trinajstić information content (AvgIpc) is 2.81. The van der Waals surface area contributed by atoms with Crippen molar-refractivity contribution in [1.29, 1.82) is 0 Å². The van der Waals surface area contributed by atoms with E-state index in [0.29, 0.717) is 5.76 Å². The van der Waals surface area contributed by atoms with Gasteiger partial charge in [-0.1, -0.05) is 62.4 Å². The molecule has 0 saturated heterocycles. The fourth-order valence-corrected chi connectivity index (χ4v) is 5.60. The predicted molar refractivity (Wildman–Crippen MR) is 141 cm³/mol. The van der Waals surface area contributed by atoms with Crippen LogP contribution in [-0.2, 0) is 9.53 Å². The first-order valence-corrected chi connectivity index (χ1v) is 12.1. The summed E-state index contributed by atoms with van der Waals surface area (Å²) in [4.78, 5) is 21.5. The number of fused-ring (bicyclic) bond motifs is 6. The molecule has 4 rings (SSSR count). The van der Waals surface area contributed by atoms with Crippen molar-refractivity contribution in [2.75, 3.05) is 0 Å². The Hall–Kier alpha value is -3.27. The minimum absolute atomic E-state index is 0.00542.